The summed E-state index contributed by atoms with van der Waals surface area (Å²) in [5.41, 5.74) is -1.90. The van der Waals surface area contributed by atoms with Gasteiger partial charge in [0.1, 0.15) is 11.4 Å². The van der Waals surface area contributed by atoms with Crippen LogP contribution in [0.2, 0.25) is 5.02 Å². The van der Waals surface area contributed by atoms with Crippen molar-refractivity contribution in [3.63, 3.8) is 0 Å². The molecule has 0 saturated heterocycles. The molecular formula is C23H18ClF4N3OS. The van der Waals surface area contributed by atoms with Crippen LogP contribution in [0.15, 0.2) is 66.9 Å². The van der Waals surface area contributed by atoms with E-state index < -0.39 is 29.0 Å². The lowest BCUT2D eigenvalue weighted by molar-refractivity contribution is -0.137. The second-order valence-electron chi connectivity index (χ2n) is 7.29. The van der Waals surface area contributed by atoms with E-state index in [-0.39, 0.29) is 22.8 Å². The van der Waals surface area contributed by atoms with Gasteiger partial charge in [0.15, 0.2) is 5.11 Å². The van der Waals surface area contributed by atoms with Crippen LogP contribution in [-0.4, -0.2) is 16.0 Å². The van der Waals surface area contributed by atoms with E-state index >= 15 is 0 Å². The van der Waals surface area contributed by atoms with Gasteiger partial charge in [0.2, 0.25) is 5.91 Å². The van der Waals surface area contributed by atoms with E-state index in [0.29, 0.717) is 16.7 Å². The minimum Gasteiger partial charge on any atom is -0.347 e. The molecule has 1 unspecified atom stereocenters. The van der Waals surface area contributed by atoms with Gasteiger partial charge < -0.3 is 10.6 Å². The highest BCUT2D eigenvalue weighted by molar-refractivity contribution is 7.80. The van der Waals surface area contributed by atoms with Crippen LogP contribution in [0.1, 0.15) is 29.3 Å². The molecule has 0 aliphatic rings. The zero-order valence-corrected chi connectivity index (χ0v) is 18.8. The fourth-order valence-corrected chi connectivity index (χ4v) is 3.87. The monoisotopic (exact) mass is 495 g/mol. The first kappa shape index (κ1) is 24.6. The van der Waals surface area contributed by atoms with Gasteiger partial charge in [-0.1, -0.05) is 41.9 Å². The number of aromatic nitrogens is 1. The number of alkyl halides is 3. The van der Waals surface area contributed by atoms with E-state index in [1.54, 1.807) is 30.3 Å². The van der Waals surface area contributed by atoms with Gasteiger partial charge in [-0.05, 0) is 53.7 Å². The SMILES string of the molecule is CC(=O)NC(=S)NC(Cc1ccccc1)(c1cc(F)cc(C(F)(F)F)c1)c1ccc(Cl)cn1. The summed E-state index contributed by atoms with van der Waals surface area (Å²) in [6, 6.07) is 14.1. The maximum Gasteiger partial charge on any atom is 0.416 e. The number of hydrogen-bond donors (Lipinski definition) is 2. The largest absolute Gasteiger partial charge is 0.416 e. The van der Waals surface area contributed by atoms with E-state index in [2.05, 4.69) is 15.6 Å². The summed E-state index contributed by atoms with van der Waals surface area (Å²) < 4.78 is 55.1. The van der Waals surface area contributed by atoms with Gasteiger partial charge in [-0.2, -0.15) is 13.2 Å². The number of nitrogens with one attached hydrogen (secondary N) is 2. The number of hydrogen-bond acceptors (Lipinski definition) is 3. The van der Waals surface area contributed by atoms with Gasteiger partial charge >= 0.3 is 6.18 Å². The van der Waals surface area contributed by atoms with Crippen LogP contribution in [-0.2, 0) is 22.9 Å². The average molecular weight is 496 g/mol. The molecule has 0 aliphatic carbocycles. The van der Waals surface area contributed by atoms with Crippen molar-refractivity contribution in [3.05, 3.63) is 100 Å². The molecule has 2 N–H and O–H groups in total. The average Bonchev–Trinajstić information content (AvgIpc) is 2.73. The predicted molar refractivity (Wildman–Crippen MR) is 121 cm³/mol. The molecule has 1 amide bonds. The van der Waals surface area contributed by atoms with Gasteiger partial charge in [-0.25, -0.2) is 4.39 Å². The Hall–Kier alpha value is -3.04. The lowest BCUT2D eigenvalue weighted by atomic mass is 9.80. The summed E-state index contributed by atoms with van der Waals surface area (Å²) in [7, 11) is 0. The zero-order chi connectivity index (χ0) is 24.2. The molecule has 1 aromatic heterocycles. The van der Waals surface area contributed by atoms with Gasteiger partial charge in [-0.3, -0.25) is 9.78 Å². The summed E-state index contributed by atoms with van der Waals surface area (Å²) >= 11 is 11.2. The first-order valence-corrected chi connectivity index (χ1v) is 10.4. The van der Waals surface area contributed by atoms with E-state index in [1.165, 1.54) is 25.3 Å². The number of carbonyl (C=O) groups is 1. The summed E-state index contributed by atoms with van der Waals surface area (Å²) in [5.74, 6) is -1.57. The maximum atomic E-state index is 14.5. The van der Waals surface area contributed by atoms with Gasteiger partial charge in [0.25, 0.3) is 0 Å². The molecule has 172 valence electrons. The number of thiocarbonyl (C=S) groups is 1. The van der Waals surface area contributed by atoms with E-state index in [1.807, 2.05) is 0 Å². The summed E-state index contributed by atoms with van der Waals surface area (Å²) in [4.78, 5) is 15.9. The van der Waals surface area contributed by atoms with Crippen molar-refractivity contribution < 1.29 is 22.4 Å². The molecule has 0 bridgehead atoms. The third-order valence-corrected chi connectivity index (χ3v) is 5.24. The Morgan fingerprint density at radius 2 is 1.73 bits per heavy atom. The summed E-state index contributed by atoms with van der Waals surface area (Å²) in [6.07, 6.45) is -3.44. The van der Waals surface area contributed by atoms with E-state index in [9.17, 15) is 22.4 Å². The molecule has 1 atom stereocenters. The molecule has 0 aliphatic heterocycles. The van der Waals surface area contributed by atoms with Crippen LogP contribution in [0.25, 0.3) is 0 Å². The number of benzene rings is 2. The molecular weight excluding hydrogens is 478 g/mol. The highest BCUT2D eigenvalue weighted by Crippen LogP contribution is 2.37. The topological polar surface area (TPSA) is 54.0 Å². The number of amides is 1. The Bertz CT molecular complexity index is 1160. The van der Waals surface area contributed by atoms with Crippen molar-refractivity contribution in [2.75, 3.05) is 0 Å². The summed E-state index contributed by atoms with van der Waals surface area (Å²) in [6.45, 7) is 1.23. The van der Waals surface area contributed by atoms with Crippen LogP contribution in [0.4, 0.5) is 17.6 Å². The molecule has 2 aromatic carbocycles. The highest BCUT2D eigenvalue weighted by Gasteiger charge is 2.40. The Balaban J connectivity index is 2.30. The quantitative estimate of drug-likeness (QED) is 0.368. The minimum absolute atomic E-state index is 0.0307. The second kappa shape index (κ2) is 9.84. The molecule has 3 rings (SSSR count). The van der Waals surface area contributed by atoms with Crippen LogP contribution >= 0.6 is 23.8 Å². The zero-order valence-electron chi connectivity index (χ0n) is 17.2. The van der Waals surface area contributed by atoms with Crippen molar-refractivity contribution in [3.8, 4) is 0 Å². The molecule has 4 nitrogen and oxygen atoms in total. The lowest BCUT2D eigenvalue weighted by Crippen LogP contribution is -2.53. The molecule has 33 heavy (non-hydrogen) atoms. The molecule has 3 aromatic rings. The highest BCUT2D eigenvalue weighted by atomic mass is 35.5. The minimum atomic E-state index is -4.79. The fourth-order valence-electron chi connectivity index (χ4n) is 3.44. The van der Waals surface area contributed by atoms with Crippen LogP contribution < -0.4 is 10.6 Å². The van der Waals surface area contributed by atoms with E-state index in [4.69, 9.17) is 23.8 Å². The standard InChI is InChI=1S/C23H18ClF4N3OS/c1-14(32)30-21(33)31-22(12-15-5-3-2-4-6-15,20-8-7-18(24)13-29-20)16-9-17(23(26,27)28)11-19(25)10-16/h2-11,13H,12H2,1H3,(H2,30,31,32,33). The predicted octanol–water partition coefficient (Wildman–Crippen LogP) is 5.39. The van der Waals surface area contributed by atoms with Crippen molar-refractivity contribution in [1.82, 2.24) is 15.6 Å². The third kappa shape index (κ3) is 6.06. The Morgan fingerprint density at radius 3 is 2.30 bits per heavy atom. The van der Waals surface area contributed by atoms with Crippen molar-refractivity contribution in [1.29, 1.82) is 0 Å². The summed E-state index contributed by atoms with van der Waals surface area (Å²) in [5, 5.41) is 5.47. The van der Waals surface area contributed by atoms with Crippen molar-refractivity contribution in [2.24, 2.45) is 0 Å². The lowest BCUT2D eigenvalue weighted by Gasteiger charge is -2.36. The van der Waals surface area contributed by atoms with E-state index in [0.717, 1.165) is 12.1 Å². The third-order valence-electron chi connectivity index (χ3n) is 4.81. The van der Waals surface area contributed by atoms with Crippen LogP contribution in [0.3, 0.4) is 0 Å². The van der Waals surface area contributed by atoms with Crippen molar-refractivity contribution >= 4 is 34.8 Å². The number of halogens is 5. The Morgan fingerprint density at radius 1 is 1.06 bits per heavy atom. The first-order valence-electron chi connectivity index (χ1n) is 9.63. The second-order valence-corrected chi connectivity index (χ2v) is 8.14. The number of nitrogens with zero attached hydrogens (tertiary/aromatic N) is 1. The van der Waals surface area contributed by atoms with Gasteiger partial charge in [0.05, 0.1) is 16.3 Å². The smallest absolute Gasteiger partial charge is 0.347 e. The molecule has 0 spiro atoms. The molecule has 0 saturated carbocycles. The molecule has 0 fully saturated rings. The van der Waals surface area contributed by atoms with Gasteiger partial charge in [0, 0.05) is 19.5 Å². The number of pyridine rings is 1. The fraction of sp³-hybridized carbons (Fsp3) is 0.174. The van der Waals surface area contributed by atoms with Crippen molar-refractivity contribution in [2.45, 2.75) is 25.1 Å². The van der Waals surface area contributed by atoms with Crippen LogP contribution in [0, 0.1) is 5.82 Å². The molecule has 10 heteroatoms. The van der Waals surface area contributed by atoms with Crippen LogP contribution in [0.5, 0.6) is 0 Å². The molecule has 0 radical (unpaired) electrons. The number of rotatable bonds is 5. The Labute approximate surface area is 198 Å². The number of carbonyl (C=O) groups excluding carboxylic acids is 1. The normalized spacial score (nSPS) is 13.2. The maximum absolute atomic E-state index is 14.5. The first-order chi connectivity index (χ1) is 15.5. The molecule has 1 heterocycles. The Kier molecular flexibility index (Phi) is 7.34. The van der Waals surface area contributed by atoms with Gasteiger partial charge in [-0.15, -0.1) is 0 Å².